The molecule has 15 atom stereocenters. The van der Waals surface area contributed by atoms with Crippen LogP contribution in [0.15, 0.2) is 47.6 Å². The highest BCUT2D eigenvalue weighted by Gasteiger charge is 2.53. The van der Waals surface area contributed by atoms with Crippen molar-refractivity contribution < 1.29 is 72.6 Å². The Kier molecular flexibility index (Phi) is 22.6. The molecule has 3 unspecified atom stereocenters. The number of rotatable bonds is 7. The van der Waals surface area contributed by atoms with Crippen LogP contribution in [-0.2, 0) is 52.4 Å². The second-order valence-corrected chi connectivity index (χ2v) is 20.5. The SMILES string of the molecule is COC1C(=O)C(C)C[C@H](C)C=CC=CC=C(C)[C@@H](OC)C[C@@H]2CC[C@@H](C)[C@@](O)(O2)C(=O)C(=O)N2CCCC[C@H]2C(=O)O[C@H]([C@H](C)C[C@@H]2CC[C@@H](OC(=O)N(C)O)[C@H](OC)C2)CC(=O)C(C)=CC(C)[C@H]1O. The number of aliphatic hydroxyl groups excluding tert-OH is 1. The average Bonchev–Trinajstić information content (AvgIpc) is 3.33. The zero-order valence-corrected chi connectivity index (χ0v) is 43.4. The van der Waals surface area contributed by atoms with Gasteiger partial charge in [-0.3, -0.25) is 24.4 Å². The van der Waals surface area contributed by atoms with E-state index in [2.05, 4.69) is 0 Å². The zero-order valence-electron chi connectivity index (χ0n) is 43.4. The van der Waals surface area contributed by atoms with Crippen molar-refractivity contribution >= 4 is 35.3 Å². The minimum Gasteiger partial charge on any atom is -0.460 e. The Labute approximate surface area is 414 Å². The summed E-state index contributed by atoms with van der Waals surface area (Å²) in [5.41, 5.74) is 1.14. The number of cyclic esters (lactones) is 1. The second kappa shape index (κ2) is 27.1. The number of ether oxygens (including phenoxy) is 6. The quantitative estimate of drug-likeness (QED) is 0.105. The van der Waals surface area contributed by atoms with Crippen molar-refractivity contribution in [2.75, 3.05) is 34.9 Å². The van der Waals surface area contributed by atoms with Gasteiger partial charge < -0.3 is 43.5 Å². The summed E-state index contributed by atoms with van der Waals surface area (Å²) in [5.74, 6) is -8.43. The monoisotopic (exact) mass is 987 g/mol. The Bertz CT molecular complexity index is 1930. The van der Waals surface area contributed by atoms with Crippen LogP contribution in [0.5, 0.6) is 0 Å². The Morgan fingerprint density at radius 3 is 2.27 bits per heavy atom. The standard InChI is InChI=1S/C53H82N2O15/c1-31-17-13-12-14-18-32(2)43(65-9)29-39-22-20-37(7)53(63,70-39)49(59)50(60)55-24-16-15-19-40(55)51(61)68-44(34(4)27-38-21-23-42(45(28-38)66-10)69-52(62)54(8)64)30-41(56)33(3)26-36(6)47(58)48(67-11)46(57)35(5)25-31/h12-14,17-18,26,31,34-40,42-45,47-48,58,63-64H,15-16,19-25,27-30H2,1-11H3/t31-,34-,35?,36?,37-,38+,39+,40+,42-,43+,44+,45-,47-,48?,53-/m1/s1. The molecule has 0 radical (unpaired) electrons. The molecule has 4 rings (SSSR count). The molecule has 3 heterocycles. The lowest BCUT2D eigenvalue weighted by atomic mass is 9.78. The Morgan fingerprint density at radius 1 is 0.900 bits per heavy atom. The Hall–Kier alpha value is -4.10. The number of ketones is 3. The number of Topliss-reactive ketones (excluding diaryl/α,β-unsaturated/α-hetero) is 3. The highest BCUT2D eigenvalue weighted by Crippen LogP contribution is 2.38. The predicted molar refractivity (Wildman–Crippen MR) is 259 cm³/mol. The van der Waals surface area contributed by atoms with Crippen LogP contribution in [0.3, 0.4) is 0 Å². The van der Waals surface area contributed by atoms with Gasteiger partial charge in [0.15, 0.2) is 11.6 Å². The number of esters is 1. The number of allylic oxidation sites excluding steroid dienone is 6. The van der Waals surface area contributed by atoms with Gasteiger partial charge in [0.2, 0.25) is 5.79 Å². The molecule has 3 fully saturated rings. The number of hydrogen-bond donors (Lipinski definition) is 3. The van der Waals surface area contributed by atoms with Crippen molar-refractivity contribution in [3.8, 4) is 0 Å². The number of nitrogens with zero attached hydrogens (tertiary/aromatic N) is 2. The third kappa shape index (κ3) is 15.5. The molecule has 0 aromatic rings. The molecular weight excluding hydrogens is 905 g/mol. The Balaban J connectivity index is 1.70. The number of hydroxylamine groups is 2. The summed E-state index contributed by atoms with van der Waals surface area (Å²) < 4.78 is 35.0. The van der Waals surface area contributed by atoms with E-state index >= 15 is 0 Å². The lowest BCUT2D eigenvalue weighted by molar-refractivity contribution is -0.265. The fourth-order valence-electron chi connectivity index (χ4n) is 10.5. The maximum absolute atomic E-state index is 14.5. The number of piperidine rings is 1. The predicted octanol–water partition coefficient (Wildman–Crippen LogP) is 6.65. The fourth-order valence-corrected chi connectivity index (χ4v) is 10.5. The summed E-state index contributed by atoms with van der Waals surface area (Å²) in [5, 5.41) is 33.4. The van der Waals surface area contributed by atoms with Crippen LogP contribution in [0.1, 0.15) is 126 Å². The van der Waals surface area contributed by atoms with Gasteiger partial charge in [-0.15, -0.1) is 0 Å². The zero-order chi connectivity index (χ0) is 52.0. The van der Waals surface area contributed by atoms with Crippen molar-refractivity contribution in [3.05, 3.63) is 47.6 Å². The van der Waals surface area contributed by atoms with Crippen LogP contribution < -0.4 is 0 Å². The molecule has 17 heteroatoms. The molecule has 2 saturated heterocycles. The smallest absolute Gasteiger partial charge is 0.433 e. The highest BCUT2D eigenvalue weighted by atomic mass is 16.6. The van der Waals surface area contributed by atoms with Gasteiger partial charge in [-0.1, -0.05) is 71.1 Å². The first kappa shape index (κ1) is 58.5. The summed E-state index contributed by atoms with van der Waals surface area (Å²) in [7, 11) is 5.62. The molecule has 394 valence electrons. The van der Waals surface area contributed by atoms with E-state index in [9.17, 15) is 44.2 Å². The first-order valence-corrected chi connectivity index (χ1v) is 25.2. The highest BCUT2D eigenvalue weighted by molar-refractivity contribution is 6.39. The summed E-state index contributed by atoms with van der Waals surface area (Å²) >= 11 is 0. The van der Waals surface area contributed by atoms with E-state index in [1.54, 1.807) is 40.9 Å². The fraction of sp³-hybridized carbons (Fsp3) is 0.736. The molecule has 2 amide bonds. The van der Waals surface area contributed by atoms with Crippen LogP contribution in [0.4, 0.5) is 4.79 Å². The number of hydrogen-bond acceptors (Lipinski definition) is 15. The lowest BCUT2D eigenvalue weighted by Gasteiger charge is -2.42. The van der Waals surface area contributed by atoms with Crippen LogP contribution in [-0.4, -0.2) is 150 Å². The van der Waals surface area contributed by atoms with E-state index in [-0.39, 0.29) is 48.4 Å². The molecule has 0 aromatic heterocycles. The minimum absolute atomic E-state index is 0.00271. The molecule has 3 aliphatic heterocycles. The van der Waals surface area contributed by atoms with Crippen molar-refractivity contribution in [1.29, 1.82) is 0 Å². The maximum atomic E-state index is 14.5. The second-order valence-electron chi connectivity index (χ2n) is 20.5. The lowest BCUT2D eigenvalue weighted by Crippen LogP contribution is -2.61. The van der Waals surface area contributed by atoms with Crippen LogP contribution >= 0.6 is 0 Å². The molecule has 0 aromatic carbocycles. The van der Waals surface area contributed by atoms with E-state index in [4.69, 9.17) is 28.4 Å². The normalized spacial score (nSPS) is 35.8. The van der Waals surface area contributed by atoms with Gasteiger partial charge in [0.25, 0.3) is 11.7 Å². The van der Waals surface area contributed by atoms with Gasteiger partial charge >= 0.3 is 12.1 Å². The van der Waals surface area contributed by atoms with E-state index < -0.39 is 102 Å². The first-order chi connectivity index (χ1) is 33.1. The first-order valence-electron chi connectivity index (χ1n) is 25.2. The molecule has 3 N–H and O–H groups in total. The van der Waals surface area contributed by atoms with Gasteiger partial charge in [-0.2, -0.15) is 5.06 Å². The number of methoxy groups -OCH3 is 3. The number of carbonyl (C=O) groups is 6. The average molecular weight is 987 g/mol. The summed E-state index contributed by atoms with van der Waals surface area (Å²) in [6.45, 7) is 12.6. The van der Waals surface area contributed by atoms with E-state index in [0.717, 1.165) is 10.5 Å². The molecule has 1 saturated carbocycles. The van der Waals surface area contributed by atoms with Crippen molar-refractivity contribution in [3.63, 3.8) is 0 Å². The molecule has 0 spiro atoms. The number of carbonyl (C=O) groups excluding carboxylic acids is 6. The molecule has 4 aliphatic rings. The van der Waals surface area contributed by atoms with Crippen LogP contribution in [0, 0.1) is 35.5 Å². The molecule has 17 nitrogen and oxygen atoms in total. The van der Waals surface area contributed by atoms with E-state index in [1.165, 1.54) is 21.3 Å². The Morgan fingerprint density at radius 2 is 1.61 bits per heavy atom. The van der Waals surface area contributed by atoms with Gasteiger partial charge in [-0.25, -0.2) is 9.59 Å². The van der Waals surface area contributed by atoms with Crippen LogP contribution in [0.2, 0.25) is 0 Å². The maximum Gasteiger partial charge on any atom is 0.433 e. The van der Waals surface area contributed by atoms with Gasteiger partial charge in [0.05, 0.1) is 24.4 Å². The third-order valence-corrected chi connectivity index (χ3v) is 15.0. The summed E-state index contributed by atoms with van der Waals surface area (Å²) in [6.07, 6.45) is 9.23. The van der Waals surface area contributed by atoms with Gasteiger partial charge in [0.1, 0.15) is 24.4 Å². The van der Waals surface area contributed by atoms with Crippen LogP contribution in [0.25, 0.3) is 0 Å². The van der Waals surface area contributed by atoms with Gasteiger partial charge in [0, 0.05) is 65.5 Å². The summed E-state index contributed by atoms with van der Waals surface area (Å²) in [4.78, 5) is 84.3. The van der Waals surface area contributed by atoms with Crippen molar-refractivity contribution in [2.45, 2.75) is 180 Å². The van der Waals surface area contributed by atoms with Crippen molar-refractivity contribution in [1.82, 2.24) is 9.96 Å². The number of aliphatic hydroxyl groups is 2. The third-order valence-electron chi connectivity index (χ3n) is 15.0. The molecule has 70 heavy (non-hydrogen) atoms. The molecule has 2 bridgehead atoms. The summed E-state index contributed by atoms with van der Waals surface area (Å²) in [6, 6.07) is -1.19. The van der Waals surface area contributed by atoms with E-state index in [0.29, 0.717) is 69.3 Å². The number of fused-ring (bicyclic) bond motifs is 3. The van der Waals surface area contributed by atoms with Gasteiger partial charge in [-0.05, 0) is 107 Å². The largest absolute Gasteiger partial charge is 0.460 e. The van der Waals surface area contributed by atoms with Crippen molar-refractivity contribution in [2.24, 2.45) is 35.5 Å². The molecular formula is C53H82N2O15. The number of amides is 2. The van der Waals surface area contributed by atoms with E-state index in [1.807, 2.05) is 51.2 Å². The topological polar surface area (TPSA) is 225 Å². The minimum atomic E-state index is -2.46. The molecule has 1 aliphatic carbocycles.